The van der Waals surface area contributed by atoms with Crippen molar-refractivity contribution in [3.63, 3.8) is 0 Å². The number of piperidine rings is 1. The van der Waals surface area contributed by atoms with E-state index in [-0.39, 0.29) is 5.54 Å². The third-order valence-electron chi connectivity index (χ3n) is 4.17. The second-order valence-electron chi connectivity index (χ2n) is 6.01. The summed E-state index contributed by atoms with van der Waals surface area (Å²) in [6.45, 7) is 4.29. The second kappa shape index (κ2) is 5.93. The Morgan fingerprint density at radius 1 is 1.42 bits per heavy atom. The first kappa shape index (κ1) is 14.4. The van der Waals surface area contributed by atoms with E-state index in [0.717, 1.165) is 31.6 Å². The van der Waals surface area contributed by atoms with Gasteiger partial charge in [-0.25, -0.2) is 0 Å². The average molecular weight is 262 g/mol. The molecule has 0 saturated carbocycles. The number of methoxy groups -OCH3 is 1. The van der Waals surface area contributed by atoms with Crippen molar-refractivity contribution >= 4 is 0 Å². The van der Waals surface area contributed by atoms with Crippen LogP contribution < -0.4 is 10.5 Å². The van der Waals surface area contributed by atoms with Gasteiger partial charge >= 0.3 is 0 Å². The number of rotatable bonds is 4. The Hall–Kier alpha value is -1.06. The molecule has 3 heteroatoms. The molecule has 1 aromatic carbocycles. The van der Waals surface area contributed by atoms with Gasteiger partial charge < -0.3 is 15.4 Å². The van der Waals surface area contributed by atoms with Crippen molar-refractivity contribution in [3.8, 4) is 5.75 Å². The summed E-state index contributed by atoms with van der Waals surface area (Å²) in [4.78, 5) is 2.35. The van der Waals surface area contributed by atoms with Gasteiger partial charge in [-0.3, -0.25) is 0 Å². The minimum Gasteiger partial charge on any atom is -0.496 e. The molecule has 1 aliphatic rings. The molecule has 0 radical (unpaired) electrons. The van der Waals surface area contributed by atoms with Crippen molar-refractivity contribution in [1.82, 2.24) is 4.90 Å². The van der Waals surface area contributed by atoms with Crippen LogP contribution in [0.15, 0.2) is 18.2 Å². The van der Waals surface area contributed by atoms with Crippen molar-refractivity contribution in [2.45, 2.75) is 38.1 Å². The van der Waals surface area contributed by atoms with Gasteiger partial charge in [0.1, 0.15) is 5.75 Å². The van der Waals surface area contributed by atoms with Crippen LogP contribution in [0.25, 0.3) is 0 Å². The van der Waals surface area contributed by atoms with Crippen LogP contribution in [0.5, 0.6) is 5.75 Å². The average Bonchev–Trinajstić information content (AvgIpc) is 2.36. The Morgan fingerprint density at radius 2 is 2.21 bits per heavy atom. The fourth-order valence-corrected chi connectivity index (χ4v) is 3.09. The molecule has 1 aliphatic heterocycles. The summed E-state index contributed by atoms with van der Waals surface area (Å²) in [7, 11) is 3.88. The van der Waals surface area contributed by atoms with Gasteiger partial charge in [0.15, 0.2) is 0 Å². The lowest BCUT2D eigenvalue weighted by atomic mass is 9.84. The lowest BCUT2D eigenvalue weighted by molar-refractivity contribution is 0.170. The van der Waals surface area contributed by atoms with Crippen LogP contribution in [0.2, 0.25) is 0 Å². The molecule has 1 atom stereocenters. The molecule has 0 aliphatic carbocycles. The number of aryl methyl sites for hydroxylation is 2. The van der Waals surface area contributed by atoms with Crippen molar-refractivity contribution in [1.29, 1.82) is 0 Å². The van der Waals surface area contributed by atoms with Crippen molar-refractivity contribution in [2.24, 2.45) is 5.73 Å². The van der Waals surface area contributed by atoms with Gasteiger partial charge in [-0.2, -0.15) is 0 Å². The third-order valence-corrected chi connectivity index (χ3v) is 4.17. The molecule has 2 rings (SSSR count). The SMILES string of the molecule is COc1ccc(CCC2(N)CCCN(C)C2)cc1C. The highest BCUT2D eigenvalue weighted by atomic mass is 16.5. The van der Waals surface area contributed by atoms with Crippen LogP contribution in [0.4, 0.5) is 0 Å². The van der Waals surface area contributed by atoms with E-state index in [1.807, 2.05) is 0 Å². The summed E-state index contributed by atoms with van der Waals surface area (Å²) in [5.41, 5.74) is 9.07. The summed E-state index contributed by atoms with van der Waals surface area (Å²) in [6, 6.07) is 6.43. The maximum absolute atomic E-state index is 6.53. The number of hydrogen-bond donors (Lipinski definition) is 1. The number of nitrogens with zero attached hydrogens (tertiary/aromatic N) is 1. The number of likely N-dealkylation sites (N-methyl/N-ethyl adjacent to an activating group) is 1. The first-order valence-corrected chi connectivity index (χ1v) is 7.13. The smallest absolute Gasteiger partial charge is 0.121 e. The summed E-state index contributed by atoms with van der Waals surface area (Å²) in [5.74, 6) is 0.962. The van der Waals surface area contributed by atoms with Gasteiger partial charge in [0, 0.05) is 12.1 Å². The molecular weight excluding hydrogens is 236 g/mol. The molecule has 19 heavy (non-hydrogen) atoms. The van der Waals surface area contributed by atoms with Crippen LogP contribution in [0.1, 0.15) is 30.4 Å². The quantitative estimate of drug-likeness (QED) is 0.905. The van der Waals surface area contributed by atoms with Crippen molar-refractivity contribution in [3.05, 3.63) is 29.3 Å². The molecule has 0 spiro atoms. The monoisotopic (exact) mass is 262 g/mol. The Kier molecular flexibility index (Phi) is 4.48. The van der Waals surface area contributed by atoms with Crippen LogP contribution in [-0.2, 0) is 6.42 Å². The molecular formula is C16H26N2O. The van der Waals surface area contributed by atoms with Crippen LogP contribution >= 0.6 is 0 Å². The van der Waals surface area contributed by atoms with Gasteiger partial charge in [0.05, 0.1) is 7.11 Å². The maximum atomic E-state index is 6.53. The molecule has 2 N–H and O–H groups in total. The molecule has 1 aromatic rings. The minimum atomic E-state index is -0.0131. The summed E-state index contributed by atoms with van der Waals surface area (Å²) in [5, 5.41) is 0. The molecule has 1 unspecified atom stereocenters. The summed E-state index contributed by atoms with van der Waals surface area (Å²) < 4.78 is 5.30. The van der Waals surface area contributed by atoms with E-state index in [0.29, 0.717) is 0 Å². The first-order valence-electron chi connectivity index (χ1n) is 7.13. The standard InChI is InChI=1S/C16H26N2O/c1-13-11-14(5-6-15(13)19-3)7-9-16(17)8-4-10-18(2)12-16/h5-6,11H,4,7-10,12,17H2,1-3H3. The van der Waals surface area contributed by atoms with E-state index < -0.39 is 0 Å². The van der Waals surface area contributed by atoms with E-state index in [1.165, 1.54) is 24.1 Å². The molecule has 1 heterocycles. The fourth-order valence-electron chi connectivity index (χ4n) is 3.09. The summed E-state index contributed by atoms with van der Waals surface area (Å²) in [6.07, 6.45) is 4.47. The Morgan fingerprint density at radius 3 is 2.84 bits per heavy atom. The lowest BCUT2D eigenvalue weighted by Gasteiger charge is -2.38. The number of nitrogens with two attached hydrogens (primary N) is 1. The molecule has 1 saturated heterocycles. The topological polar surface area (TPSA) is 38.5 Å². The van der Waals surface area contributed by atoms with Gasteiger partial charge in [-0.1, -0.05) is 12.1 Å². The fraction of sp³-hybridized carbons (Fsp3) is 0.625. The predicted octanol–water partition coefficient (Wildman–Crippen LogP) is 2.36. The van der Waals surface area contributed by atoms with Crippen molar-refractivity contribution in [2.75, 3.05) is 27.2 Å². The van der Waals surface area contributed by atoms with E-state index in [2.05, 4.69) is 37.1 Å². The highest BCUT2D eigenvalue weighted by Gasteiger charge is 2.29. The Labute approximate surface area is 116 Å². The molecule has 106 valence electrons. The van der Waals surface area contributed by atoms with Crippen LogP contribution in [0.3, 0.4) is 0 Å². The van der Waals surface area contributed by atoms with E-state index in [9.17, 15) is 0 Å². The molecule has 0 amide bonds. The molecule has 3 nitrogen and oxygen atoms in total. The highest BCUT2D eigenvalue weighted by molar-refractivity contribution is 5.36. The Bertz CT molecular complexity index is 433. The number of ether oxygens (including phenoxy) is 1. The minimum absolute atomic E-state index is 0.0131. The zero-order valence-electron chi connectivity index (χ0n) is 12.4. The van der Waals surface area contributed by atoms with Crippen LogP contribution in [-0.4, -0.2) is 37.7 Å². The largest absolute Gasteiger partial charge is 0.496 e. The number of hydrogen-bond acceptors (Lipinski definition) is 3. The molecule has 0 aromatic heterocycles. The number of likely N-dealkylation sites (tertiary alicyclic amines) is 1. The van der Waals surface area contributed by atoms with E-state index in [4.69, 9.17) is 10.5 Å². The van der Waals surface area contributed by atoms with Crippen LogP contribution in [0, 0.1) is 6.92 Å². The van der Waals surface area contributed by atoms with Crippen molar-refractivity contribution < 1.29 is 4.74 Å². The maximum Gasteiger partial charge on any atom is 0.121 e. The second-order valence-corrected chi connectivity index (χ2v) is 6.01. The van der Waals surface area contributed by atoms with E-state index in [1.54, 1.807) is 7.11 Å². The summed E-state index contributed by atoms with van der Waals surface area (Å²) >= 11 is 0. The highest BCUT2D eigenvalue weighted by Crippen LogP contribution is 2.25. The third kappa shape index (κ3) is 3.71. The molecule has 0 bridgehead atoms. The molecule has 1 fully saturated rings. The predicted molar refractivity (Wildman–Crippen MR) is 79.7 cm³/mol. The Balaban J connectivity index is 1.96. The van der Waals surface area contributed by atoms with E-state index >= 15 is 0 Å². The lowest BCUT2D eigenvalue weighted by Crippen LogP contribution is -2.53. The van der Waals surface area contributed by atoms with Gasteiger partial charge in [-0.05, 0) is 63.4 Å². The van der Waals surface area contributed by atoms with Gasteiger partial charge in [-0.15, -0.1) is 0 Å². The number of benzene rings is 1. The van der Waals surface area contributed by atoms with Gasteiger partial charge in [0.2, 0.25) is 0 Å². The van der Waals surface area contributed by atoms with Gasteiger partial charge in [0.25, 0.3) is 0 Å². The normalized spacial score (nSPS) is 24.4. The zero-order valence-corrected chi connectivity index (χ0v) is 12.4. The first-order chi connectivity index (χ1) is 9.02. The zero-order chi connectivity index (χ0) is 13.9.